The van der Waals surface area contributed by atoms with Gasteiger partial charge in [-0.05, 0) is 74.2 Å². The molecule has 0 bridgehead atoms. The summed E-state index contributed by atoms with van der Waals surface area (Å²) in [6.07, 6.45) is 5.85. The summed E-state index contributed by atoms with van der Waals surface area (Å²) in [4.78, 5) is 17.4. The van der Waals surface area contributed by atoms with Crippen LogP contribution < -0.4 is 19.5 Å². The van der Waals surface area contributed by atoms with Crippen molar-refractivity contribution in [3.63, 3.8) is 0 Å². The molecule has 1 aromatic heterocycles. The number of carbonyl (C=O) groups excluding carboxylic acids is 1. The van der Waals surface area contributed by atoms with Crippen LogP contribution >= 0.6 is 0 Å². The first kappa shape index (κ1) is 27.0. The van der Waals surface area contributed by atoms with Crippen LogP contribution in [0.4, 0.5) is 0 Å². The summed E-state index contributed by atoms with van der Waals surface area (Å²) < 4.78 is 18.7. The van der Waals surface area contributed by atoms with Gasteiger partial charge in [0.15, 0.2) is 0 Å². The standard InChI is InChI=1S/C31H37N3O4/c1-36-24-17-19-25(20-18-24)38-23-11-10-22-34-28-14-7-6-13-27(28)33-30(34)16-4-3-9-21-32-31(35)26-12-5-8-15-29(26)37-2/h5-8,12-15,17-20H,3-4,9-11,16,21-23H2,1-2H3,(H,32,35). The molecule has 0 aliphatic heterocycles. The van der Waals surface area contributed by atoms with E-state index in [2.05, 4.69) is 28.1 Å². The number of unbranched alkanes of at least 4 members (excludes halogenated alkanes) is 3. The van der Waals surface area contributed by atoms with Gasteiger partial charge in [-0.1, -0.05) is 30.7 Å². The van der Waals surface area contributed by atoms with E-state index in [0.717, 1.165) is 67.9 Å². The van der Waals surface area contributed by atoms with E-state index in [1.54, 1.807) is 26.4 Å². The van der Waals surface area contributed by atoms with Gasteiger partial charge < -0.3 is 24.1 Å². The normalized spacial score (nSPS) is 10.9. The number of ether oxygens (including phenoxy) is 3. The van der Waals surface area contributed by atoms with Crippen LogP contribution in [0.2, 0.25) is 0 Å². The maximum Gasteiger partial charge on any atom is 0.255 e. The average Bonchev–Trinajstić information content (AvgIpc) is 3.32. The number of aryl methyl sites for hydroxylation is 2. The second-order valence-corrected chi connectivity index (χ2v) is 9.17. The minimum Gasteiger partial charge on any atom is -0.497 e. The highest BCUT2D eigenvalue weighted by atomic mass is 16.5. The second kappa shape index (κ2) is 14.1. The van der Waals surface area contributed by atoms with E-state index in [-0.39, 0.29) is 5.91 Å². The van der Waals surface area contributed by atoms with Crippen molar-refractivity contribution in [2.45, 2.75) is 45.1 Å². The molecule has 0 atom stereocenters. The Labute approximate surface area is 224 Å². The molecule has 0 unspecified atom stereocenters. The summed E-state index contributed by atoms with van der Waals surface area (Å²) in [6, 6.07) is 23.3. The average molecular weight is 516 g/mol. The lowest BCUT2D eigenvalue weighted by Gasteiger charge is -2.11. The summed E-state index contributed by atoms with van der Waals surface area (Å²) >= 11 is 0. The lowest BCUT2D eigenvalue weighted by atomic mass is 10.1. The van der Waals surface area contributed by atoms with E-state index in [1.165, 1.54) is 5.52 Å². The molecule has 1 amide bonds. The number of rotatable bonds is 15. The minimum atomic E-state index is -0.0970. The minimum absolute atomic E-state index is 0.0970. The molecule has 0 spiro atoms. The largest absolute Gasteiger partial charge is 0.497 e. The van der Waals surface area contributed by atoms with Gasteiger partial charge in [0.2, 0.25) is 0 Å². The predicted octanol–water partition coefficient (Wildman–Crippen LogP) is 6.06. The smallest absolute Gasteiger partial charge is 0.255 e. The van der Waals surface area contributed by atoms with E-state index < -0.39 is 0 Å². The third-order valence-electron chi connectivity index (χ3n) is 6.55. The number of fused-ring (bicyclic) bond motifs is 1. The Morgan fingerprint density at radius 2 is 1.58 bits per heavy atom. The lowest BCUT2D eigenvalue weighted by Crippen LogP contribution is -2.24. The first-order valence-electron chi connectivity index (χ1n) is 13.3. The molecule has 0 saturated heterocycles. The first-order valence-corrected chi connectivity index (χ1v) is 13.3. The quantitative estimate of drug-likeness (QED) is 0.195. The Morgan fingerprint density at radius 3 is 2.39 bits per heavy atom. The summed E-state index contributed by atoms with van der Waals surface area (Å²) in [5, 5.41) is 3.00. The molecule has 0 aliphatic carbocycles. The molecular formula is C31H37N3O4. The van der Waals surface area contributed by atoms with Crippen LogP contribution in [0.25, 0.3) is 11.0 Å². The number of hydrogen-bond donors (Lipinski definition) is 1. The highest BCUT2D eigenvalue weighted by Crippen LogP contribution is 2.20. The van der Waals surface area contributed by atoms with Gasteiger partial charge in [-0.2, -0.15) is 0 Å². The zero-order valence-electron chi connectivity index (χ0n) is 22.3. The number of nitrogens with zero attached hydrogens (tertiary/aromatic N) is 2. The maximum absolute atomic E-state index is 12.5. The molecule has 0 radical (unpaired) electrons. The van der Waals surface area contributed by atoms with Crippen molar-refractivity contribution in [1.82, 2.24) is 14.9 Å². The van der Waals surface area contributed by atoms with E-state index in [0.29, 0.717) is 24.5 Å². The fraction of sp³-hybridized carbons (Fsp3) is 0.355. The number of benzene rings is 3. The van der Waals surface area contributed by atoms with E-state index in [9.17, 15) is 4.79 Å². The molecule has 4 aromatic rings. The van der Waals surface area contributed by atoms with E-state index in [1.807, 2.05) is 42.5 Å². The summed E-state index contributed by atoms with van der Waals surface area (Å²) in [6.45, 7) is 2.23. The fourth-order valence-electron chi connectivity index (χ4n) is 4.51. The van der Waals surface area contributed by atoms with Crippen LogP contribution in [0.5, 0.6) is 17.2 Å². The topological polar surface area (TPSA) is 74.6 Å². The molecule has 4 rings (SSSR count). The summed E-state index contributed by atoms with van der Waals surface area (Å²) in [5.41, 5.74) is 2.79. The molecule has 3 aromatic carbocycles. The van der Waals surface area contributed by atoms with Crippen molar-refractivity contribution in [2.24, 2.45) is 0 Å². The van der Waals surface area contributed by atoms with E-state index in [4.69, 9.17) is 19.2 Å². The SMILES string of the molecule is COc1ccc(OCCCCn2c(CCCCCNC(=O)c3ccccc3OC)nc3ccccc32)cc1. The van der Waals surface area contributed by atoms with Crippen molar-refractivity contribution < 1.29 is 19.0 Å². The molecule has 1 heterocycles. The molecule has 200 valence electrons. The fourth-order valence-corrected chi connectivity index (χ4v) is 4.51. The summed E-state index contributed by atoms with van der Waals surface area (Å²) in [7, 11) is 3.24. The number of para-hydroxylation sites is 3. The number of amides is 1. The van der Waals surface area contributed by atoms with Gasteiger partial charge in [-0.25, -0.2) is 4.98 Å². The van der Waals surface area contributed by atoms with Gasteiger partial charge >= 0.3 is 0 Å². The number of imidazole rings is 1. The molecule has 1 N–H and O–H groups in total. The third-order valence-corrected chi connectivity index (χ3v) is 6.55. The van der Waals surface area contributed by atoms with Crippen molar-refractivity contribution in [3.05, 3.63) is 84.2 Å². The molecule has 0 saturated carbocycles. The second-order valence-electron chi connectivity index (χ2n) is 9.17. The van der Waals surface area contributed by atoms with Gasteiger partial charge in [0.25, 0.3) is 5.91 Å². The van der Waals surface area contributed by atoms with Gasteiger partial charge in [0, 0.05) is 19.5 Å². The van der Waals surface area contributed by atoms with Crippen LogP contribution in [0.15, 0.2) is 72.8 Å². The molecular weight excluding hydrogens is 478 g/mol. The number of aromatic nitrogens is 2. The Kier molecular flexibility index (Phi) is 10.0. The van der Waals surface area contributed by atoms with Crippen molar-refractivity contribution in [1.29, 1.82) is 0 Å². The number of carbonyl (C=O) groups is 1. The third kappa shape index (κ3) is 7.28. The zero-order chi connectivity index (χ0) is 26.6. The lowest BCUT2D eigenvalue weighted by molar-refractivity contribution is 0.0950. The van der Waals surface area contributed by atoms with Crippen molar-refractivity contribution in [2.75, 3.05) is 27.4 Å². The van der Waals surface area contributed by atoms with Gasteiger partial charge in [0.1, 0.15) is 23.1 Å². The molecule has 38 heavy (non-hydrogen) atoms. The maximum atomic E-state index is 12.5. The van der Waals surface area contributed by atoms with Crippen LogP contribution in [0.1, 0.15) is 48.3 Å². The zero-order valence-corrected chi connectivity index (χ0v) is 22.3. The first-order chi connectivity index (χ1) is 18.7. The number of nitrogens with one attached hydrogen (secondary N) is 1. The van der Waals surface area contributed by atoms with Crippen LogP contribution in [-0.2, 0) is 13.0 Å². The Balaban J connectivity index is 1.21. The van der Waals surface area contributed by atoms with Gasteiger partial charge in [-0.3, -0.25) is 4.79 Å². The Hall–Kier alpha value is -4.00. The van der Waals surface area contributed by atoms with Gasteiger partial charge in [-0.15, -0.1) is 0 Å². The molecule has 7 nitrogen and oxygen atoms in total. The van der Waals surface area contributed by atoms with Crippen molar-refractivity contribution in [3.8, 4) is 17.2 Å². The number of hydrogen-bond acceptors (Lipinski definition) is 5. The monoisotopic (exact) mass is 515 g/mol. The molecule has 0 fully saturated rings. The van der Waals surface area contributed by atoms with Crippen LogP contribution in [0, 0.1) is 0 Å². The van der Waals surface area contributed by atoms with Crippen LogP contribution in [-0.4, -0.2) is 42.8 Å². The highest BCUT2D eigenvalue weighted by Gasteiger charge is 2.12. The van der Waals surface area contributed by atoms with E-state index >= 15 is 0 Å². The summed E-state index contributed by atoms with van der Waals surface area (Å²) in [5.74, 6) is 3.31. The Morgan fingerprint density at radius 1 is 0.816 bits per heavy atom. The van der Waals surface area contributed by atoms with Crippen molar-refractivity contribution >= 4 is 16.9 Å². The highest BCUT2D eigenvalue weighted by molar-refractivity contribution is 5.96. The molecule has 7 heteroatoms. The Bertz CT molecular complexity index is 1300. The molecule has 0 aliphatic rings. The number of methoxy groups -OCH3 is 2. The van der Waals surface area contributed by atoms with Crippen LogP contribution in [0.3, 0.4) is 0 Å². The predicted molar refractivity (Wildman–Crippen MR) is 150 cm³/mol. The van der Waals surface area contributed by atoms with Gasteiger partial charge in [0.05, 0.1) is 37.4 Å².